The van der Waals surface area contributed by atoms with Gasteiger partial charge in [-0.1, -0.05) is 53.5 Å². The van der Waals surface area contributed by atoms with Crippen LogP contribution < -0.4 is 9.80 Å². The number of benzene rings is 3. The average molecular weight is 497 g/mol. The molecular formula is C26H22Cl2N2O4. The van der Waals surface area contributed by atoms with Gasteiger partial charge < -0.3 is 9.80 Å². The molecule has 1 aliphatic rings. The molecule has 0 radical (unpaired) electrons. The molecule has 0 fully saturated rings. The summed E-state index contributed by atoms with van der Waals surface area (Å²) in [5.41, 5.74) is 6.09. The lowest BCUT2D eigenvalue weighted by molar-refractivity contribution is -0.193. The van der Waals surface area contributed by atoms with Crippen molar-refractivity contribution in [3.63, 3.8) is 0 Å². The summed E-state index contributed by atoms with van der Waals surface area (Å²) < 4.78 is 0. The molecule has 1 aliphatic heterocycles. The maximum Gasteiger partial charge on any atom is 0.373 e. The quantitative estimate of drug-likeness (QED) is 0.433. The van der Waals surface area contributed by atoms with Gasteiger partial charge in [-0.25, -0.2) is 0 Å². The molecule has 0 N–H and O–H groups in total. The molecule has 1 heterocycles. The van der Waals surface area contributed by atoms with Gasteiger partial charge in [0.15, 0.2) is 0 Å². The Kier molecular flexibility index (Phi) is 10.3. The molecule has 0 spiro atoms. The van der Waals surface area contributed by atoms with E-state index in [0.29, 0.717) is 0 Å². The van der Waals surface area contributed by atoms with Crippen LogP contribution in [-0.4, -0.2) is 18.8 Å². The molecule has 0 saturated carbocycles. The van der Waals surface area contributed by atoms with Crippen LogP contribution in [0.1, 0.15) is 25.6 Å². The number of halogens is 2. The van der Waals surface area contributed by atoms with Crippen molar-refractivity contribution in [2.24, 2.45) is 0 Å². The van der Waals surface area contributed by atoms with E-state index in [9.17, 15) is 0 Å². The molecule has 3 aromatic rings. The zero-order valence-corrected chi connectivity index (χ0v) is 20.1. The molecule has 0 saturated heterocycles. The molecule has 174 valence electrons. The van der Waals surface area contributed by atoms with Crippen LogP contribution in [0, 0.1) is 0 Å². The fourth-order valence-corrected chi connectivity index (χ4v) is 3.99. The predicted octanol–water partition coefficient (Wildman–Crippen LogP) is 6.15. The number of anilines is 2. The normalized spacial score (nSPS) is 14.6. The third kappa shape index (κ3) is 6.67. The summed E-state index contributed by atoms with van der Waals surface area (Å²) in [6, 6.07) is 26.8. The SMILES string of the molecule is CC1=C(C)N(c2ccc(Cl)cc2)C(c2ccccc2)N(c2ccc(Cl)cc2)C1.O=C=O.O=C=O. The Balaban J connectivity index is 0.000000618. The first kappa shape index (κ1) is 26.6. The third-order valence-corrected chi connectivity index (χ3v) is 5.79. The monoisotopic (exact) mass is 496 g/mol. The highest BCUT2D eigenvalue weighted by Gasteiger charge is 2.33. The maximum absolute atomic E-state index is 8.12. The number of rotatable bonds is 3. The molecule has 3 aromatic carbocycles. The lowest BCUT2D eigenvalue weighted by atomic mass is 10.0. The molecular weight excluding hydrogens is 475 g/mol. The van der Waals surface area contributed by atoms with Gasteiger partial charge >= 0.3 is 12.3 Å². The van der Waals surface area contributed by atoms with Crippen LogP contribution in [0.15, 0.2) is 90.1 Å². The fourth-order valence-electron chi connectivity index (χ4n) is 3.74. The summed E-state index contributed by atoms with van der Waals surface area (Å²) >= 11 is 12.3. The Hall–Kier alpha value is -3.66. The second kappa shape index (κ2) is 13.1. The van der Waals surface area contributed by atoms with Crippen LogP contribution in [0.3, 0.4) is 0 Å². The molecule has 34 heavy (non-hydrogen) atoms. The molecule has 1 unspecified atom stereocenters. The van der Waals surface area contributed by atoms with Crippen LogP contribution in [0.5, 0.6) is 0 Å². The van der Waals surface area contributed by atoms with Crippen LogP contribution >= 0.6 is 23.2 Å². The van der Waals surface area contributed by atoms with Crippen molar-refractivity contribution in [3.8, 4) is 0 Å². The predicted molar refractivity (Wildman–Crippen MR) is 130 cm³/mol. The molecule has 4 rings (SSSR count). The molecule has 8 heteroatoms. The first-order valence-electron chi connectivity index (χ1n) is 10.1. The van der Waals surface area contributed by atoms with E-state index < -0.39 is 0 Å². The van der Waals surface area contributed by atoms with E-state index in [1.54, 1.807) is 0 Å². The molecule has 1 atom stereocenters. The van der Waals surface area contributed by atoms with E-state index in [0.717, 1.165) is 28.0 Å². The zero-order valence-electron chi connectivity index (χ0n) is 18.6. The van der Waals surface area contributed by atoms with E-state index >= 15 is 0 Å². The van der Waals surface area contributed by atoms with Gasteiger partial charge in [0.05, 0.1) is 0 Å². The van der Waals surface area contributed by atoms with Crippen LogP contribution in [0.25, 0.3) is 0 Å². The van der Waals surface area contributed by atoms with E-state index in [4.69, 9.17) is 42.4 Å². The highest BCUT2D eigenvalue weighted by molar-refractivity contribution is 6.30. The van der Waals surface area contributed by atoms with Crippen molar-refractivity contribution >= 4 is 46.9 Å². The van der Waals surface area contributed by atoms with Crippen molar-refractivity contribution in [3.05, 3.63) is 106 Å². The van der Waals surface area contributed by atoms with Gasteiger partial charge in [0.2, 0.25) is 0 Å². The Morgan fingerprint density at radius 2 is 1.15 bits per heavy atom. The van der Waals surface area contributed by atoms with Gasteiger partial charge in [-0.2, -0.15) is 19.2 Å². The van der Waals surface area contributed by atoms with E-state index in [1.165, 1.54) is 16.8 Å². The molecule has 0 bridgehead atoms. The van der Waals surface area contributed by atoms with E-state index in [2.05, 4.69) is 78.2 Å². The summed E-state index contributed by atoms with van der Waals surface area (Å²) in [7, 11) is 0. The highest BCUT2D eigenvalue weighted by atomic mass is 35.5. The Morgan fingerprint density at radius 1 is 0.706 bits per heavy atom. The lowest BCUT2D eigenvalue weighted by Gasteiger charge is -2.47. The summed E-state index contributed by atoms with van der Waals surface area (Å²) in [5, 5.41) is 1.49. The van der Waals surface area contributed by atoms with Crippen molar-refractivity contribution in [1.29, 1.82) is 0 Å². The van der Waals surface area contributed by atoms with Crippen LogP contribution in [0.4, 0.5) is 11.4 Å². The van der Waals surface area contributed by atoms with Crippen LogP contribution in [0.2, 0.25) is 10.0 Å². The number of hydrogen-bond donors (Lipinski definition) is 0. The number of hydrogen-bond acceptors (Lipinski definition) is 6. The minimum Gasteiger partial charge on any atom is -0.343 e. The molecule has 0 amide bonds. The molecule has 6 nitrogen and oxygen atoms in total. The molecule has 0 aliphatic carbocycles. The number of nitrogens with zero attached hydrogens (tertiary/aromatic N) is 2. The average Bonchev–Trinajstić information content (AvgIpc) is 2.83. The van der Waals surface area contributed by atoms with Crippen molar-refractivity contribution in [2.75, 3.05) is 16.3 Å². The number of allylic oxidation sites excluding steroid dienone is 1. The van der Waals surface area contributed by atoms with Gasteiger partial charge in [0.25, 0.3) is 0 Å². The molecule has 0 aromatic heterocycles. The summed E-state index contributed by atoms with van der Waals surface area (Å²) in [4.78, 5) is 37.3. The van der Waals surface area contributed by atoms with Gasteiger partial charge in [-0.3, -0.25) is 0 Å². The van der Waals surface area contributed by atoms with Crippen molar-refractivity contribution < 1.29 is 19.2 Å². The third-order valence-electron chi connectivity index (χ3n) is 5.29. The highest BCUT2D eigenvalue weighted by Crippen LogP contribution is 2.41. The Labute approximate surface area is 208 Å². The second-order valence-corrected chi connectivity index (χ2v) is 8.14. The van der Waals surface area contributed by atoms with Gasteiger partial charge in [0.1, 0.15) is 6.17 Å². The first-order valence-corrected chi connectivity index (χ1v) is 10.9. The van der Waals surface area contributed by atoms with Gasteiger partial charge in [-0.05, 0) is 73.5 Å². The minimum absolute atomic E-state index is 0.0345. The first-order chi connectivity index (χ1) is 16.4. The minimum atomic E-state index is 0.0345. The van der Waals surface area contributed by atoms with E-state index in [1.807, 2.05) is 24.3 Å². The van der Waals surface area contributed by atoms with Crippen molar-refractivity contribution in [1.82, 2.24) is 0 Å². The smallest absolute Gasteiger partial charge is 0.343 e. The van der Waals surface area contributed by atoms with Gasteiger partial charge in [-0.15, -0.1) is 0 Å². The zero-order chi connectivity index (χ0) is 25.1. The Bertz CT molecular complexity index is 1160. The lowest BCUT2D eigenvalue weighted by Crippen LogP contribution is -2.46. The maximum atomic E-state index is 8.12. The van der Waals surface area contributed by atoms with Crippen LogP contribution in [-0.2, 0) is 19.2 Å². The fraction of sp³-hybridized carbons (Fsp3) is 0.154. The summed E-state index contributed by atoms with van der Waals surface area (Å²) in [6.45, 7) is 5.25. The summed E-state index contributed by atoms with van der Waals surface area (Å²) in [5.74, 6) is 0. The van der Waals surface area contributed by atoms with Gasteiger partial charge in [0, 0.05) is 33.7 Å². The standard InChI is InChI=1S/C24H22Cl2N2.2CO2/c1-17-16-27(22-12-8-20(25)9-13-22)24(19-6-4-3-5-7-19)28(18(17)2)23-14-10-21(26)11-15-23;2*2-1-3/h3-15,24H,16H2,1-2H3;;. The number of carbonyl (C=O) groups excluding carboxylic acids is 4. The van der Waals surface area contributed by atoms with E-state index in [-0.39, 0.29) is 18.5 Å². The second-order valence-electron chi connectivity index (χ2n) is 7.27. The largest absolute Gasteiger partial charge is 0.373 e. The summed E-state index contributed by atoms with van der Waals surface area (Å²) in [6.07, 6.45) is 0.534. The topological polar surface area (TPSA) is 74.8 Å². The van der Waals surface area contributed by atoms with Crippen molar-refractivity contribution in [2.45, 2.75) is 20.0 Å². The Morgan fingerprint density at radius 3 is 1.62 bits per heavy atom.